The van der Waals surface area contributed by atoms with Crippen molar-refractivity contribution in [3.8, 4) is 0 Å². The van der Waals surface area contributed by atoms with Crippen LogP contribution in [-0.4, -0.2) is 51.8 Å². The molecular weight excluding hydrogens is 487 g/mol. The van der Waals surface area contributed by atoms with Crippen molar-refractivity contribution >= 4 is 39.4 Å². The first-order valence-corrected chi connectivity index (χ1v) is 12.2. The number of hydrogen-bond donors (Lipinski definition) is 2. The maximum absolute atomic E-state index is 14.7. The number of fused-ring (bicyclic) bond motifs is 4. The van der Waals surface area contributed by atoms with Crippen LogP contribution in [0.1, 0.15) is 27.4 Å². The zero-order chi connectivity index (χ0) is 26.4. The molecule has 6 rings (SSSR count). The minimum absolute atomic E-state index is 0.125. The van der Waals surface area contributed by atoms with Gasteiger partial charge in [-0.1, -0.05) is 6.07 Å². The normalized spacial score (nSPS) is 15.0. The Hall–Kier alpha value is -4.73. The second kappa shape index (κ2) is 9.29. The molecule has 4 heterocycles. The summed E-state index contributed by atoms with van der Waals surface area (Å²) in [6.07, 6.45) is 4.96. The number of anilines is 1. The van der Waals surface area contributed by atoms with E-state index >= 15 is 0 Å². The summed E-state index contributed by atoms with van der Waals surface area (Å²) in [7, 11) is 3.44. The summed E-state index contributed by atoms with van der Waals surface area (Å²) in [5, 5.41) is 3.11. The zero-order valence-electron chi connectivity index (χ0n) is 20.9. The summed E-state index contributed by atoms with van der Waals surface area (Å²) in [6, 6.07) is 11.5. The van der Waals surface area contributed by atoms with Crippen molar-refractivity contribution in [1.29, 1.82) is 0 Å². The summed E-state index contributed by atoms with van der Waals surface area (Å²) in [5.74, 6) is -0.915. The van der Waals surface area contributed by atoms with Crippen LogP contribution in [0.5, 0.6) is 0 Å². The molecule has 0 saturated carbocycles. The predicted octanol–water partition coefficient (Wildman–Crippen LogP) is 3.79. The monoisotopic (exact) mass is 512 g/mol. The summed E-state index contributed by atoms with van der Waals surface area (Å²) in [5.41, 5.74) is 5.22. The van der Waals surface area contributed by atoms with Crippen LogP contribution in [-0.2, 0) is 24.3 Å². The lowest BCUT2D eigenvalue weighted by molar-refractivity contribution is -0.125. The number of amides is 2. The summed E-state index contributed by atoms with van der Waals surface area (Å²) < 4.78 is 20.3. The van der Waals surface area contributed by atoms with E-state index in [-0.39, 0.29) is 30.5 Å². The van der Waals surface area contributed by atoms with Gasteiger partial charge in [0.05, 0.1) is 23.8 Å². The van der Waals surface area contributed by atoms with Crippen LogP contribution >= 0.6 is 0 Å². The highest BCUT2D eigenvalue weighted by Crippen LogP contribution is 2.33. The van der Waals surface area contributed by atoms with Gasteiger partial charge >= 0.3 is 0 Å². The number of benzene rings is 2. The lowest BCUT2D eigenvalue weighted by atomic mass is 9.95. The van der Waals surface area contributed by atoms with Gasteiger partial charge in [0.2, 0.25) is 5.91 Å². The molecule has 2 amide bonds. The quantitative estimate of drug-likeness (QED) is 0.371. The molecule has 1 atom stereocenters. The van der Waals surface area contributed by atoms with Gasteiger partial charge in [0.25, 0.3) is 5.91 Å². The average Bonchev–Trinajstić information content (AvgIpc) is 3.55. The second-order valence-electron chi connectivity index (χ2n) is 9.37. The Kier molecular flexibility index (Phi) is 5.79. The topological polar surface area (TPSA) is 107 Å². The van der Waals surface area contributed by atoms with E-state index in [0.29, 0.717) is 28.7 Å². The molecule has 9 nitrogen and oxygen atoms in total. The van der Waals surface area contributed by atoms with E-state index in [4.69, 9.17) is 4.42 Å². The van der Waals surface area contributed by atoms with Gasteiger partial charge in [-0.3, -0.25) is 19.6 Å². The van der Waals surface area contributed by atoms with E-state index in [2.05, 4.69) is 20.3 Å². The molecule has 0 saturated heterocycles. The van der Waals surface area contributed by atoms with E-state index in [1.807, 2.05) is 30.1 Å². The number of H-pyrrole nitrogens is 1. The summed E-state index contributed by atoms with van der Waals surface area (Å²) in [4.78, 5) is 42.1. The van der Waals surface area contributed by atoms with Crippen LogP contribution in [0.2, 0.25) is 0 Å². The van der Waals surface area contributed by atoms with E-state index in [0.717, 1.165) is 22.3 Å². The lowest BCUT2D eigenvalue weighted by Gasteiger charge is -2.34. The van der Waals surface area contributed by atoms with Gasteiger partial charge in [0, 0.05) is 67.3 Å². The first-order valence-electron chi connectivity index (χ1n) is 12.2. The van der Waals surface area contributed by atoms with Gasteiger partial charge in [0.1, 0.15) is 11.9 Å². The van der Waals surface area contributed by atoms with E-state index < -0.39 is 11.9 Å². The standard InChI is InChI=1S/C28H25FN6O3/c1-30-27(36)24-13-18-23(33-21-5-3-4-19(29)25(18)21)15-35(24)28(37)26-16(8-11-38-26)14-34(2)17-6-7-20-22(12-17)32-10-9-31-20/h3-12,24,33H,13-15H2,1-2H3,(H,30,36)/t24-/m1/s1. The molecule has 1 aliphatic heterocycles. The molecule has 2 aromatic carbocycles. The average molecular weight is 513 g/mol. The molecule has 2 N–H and O–H groups in total. The summed E-state index contributed by atoms with van der Waals surface area (Å²) in [6.45, 7) is 0.518. The van der Waals surface area contributed by atoms with Crippen LogP contribution < -0.4 is 10.2 Å². The van der Waals surface area contributed by atoms with E-state index in [1.165, 1.54) is 24.3 Å². The van der Waals surface area contributed by atoms with Crippen molar-refractivity contribution in [2.75, 3.05) is 19.0 Å². The Labute approximate surface area is 217 Å². The third kappa shape index (κ3) is 3.94. The van der Waals surface area contributed by atoms with Crippen molar-refractivity contribution in [3.05, 3.63) is 89.5 Å². The highest BCUT2D eigenvalue weighted by atomic mass is 19.1. The number of aromatic amines is 1. The highest BCUT2D eigenvalue weighted by molar-refractivity contribution is 5.98. The summed E-state index contributed by atoms with van der Waals surface area (Å²) >= 11 is 0. The number of halogens is 1. The number of carbonyl (C=O) groups is 2. The first kappa shape index (κ1) is 23.7. The van der Waals surface area contributed by atoms with Gasteiger partial charge in [0.15, 0.2) is 5.76 Å². The molecule has 0 aliphatic carbocycles. The third-order valence-electron chi connectivity index (χ3n) is 7.12. The highest BCUT2D eigenvalue weighted by Gasteiger charge is 2.38. The van der Waals surface area contributed by atoms with Crippen LogP contribution in [0, 0.1) is 5.82 Å². The van der Waals surface area contributed by atoms with Crippen LogP contribution in [0.15, 0.2) is 65.5 Å². The Morgan fingerprint density at radius 1 is 1.18 bits per heavy atom. The number of hydrogen-bond acceptors (Lipinski definition) is 6. The number of aromatic nitrogens is 3. The fourth-order valence-electron chi connectivity index (χ4n) is 5.20. The van der Waals surface area contributed by atoms with Crippen molar-refractivity contribution in [1.82, 2.24) is 25.2 Å². The molecule has 0 fully saturated rings. The molecular formula is C28H25FN6O3. The van der Waals surface area contributed by atoms with Crippen LogP contribution in [0.25, 0.3) is 21.9 Å². The fourth-order valence-corrected chi connectivity index (χ4v) is 5.20. The molecule has 38 heavy (non-hydrogen) atoms. The predicted molar refractivity (Wildman–Crippen MR) is 140 cm³/mol. The number of carbonyl (C=O) groups excluding carboxylic acids is 2. The number of furan rings is 1. The minimum Gasteiger partial charge on any atom is -0.459 e. The van der Waals surface area contributed by atoms with Crippen molar-refractivity contribution < 1.29 is 18.4 Å². The Morgan fingerprint density at radius 3 is 2.82 bits per heavy atom. The van der Waals surface area contributed by atoms with Crippen LogP contribution in [0.3, 0.4) is 0 Å². The van der Waals surface area contributed by atoms with E-state index in [9.17, 15) is 14.0 Å². The van der Waals surface area contributed by atoms with Gasteiger partial charge in [-0.05, 0) is 42.0 Å². The number of likely N-dealkylation sites (N-methyl/N-ethyl adjacent to an activating group) is 1. The molecule has 10 heteroatoms. The Balaban J connectivity index is 1.30. The van der Waals surface area contributed by atoms with Crippen LogP contribution in [0.4, 0.5) is 10.1 Å². The smallest absolute Gasteiger partial charge is 0.290 e. The zero-order valence-corrected chi connectivity index (χ0v) is 20.9. The van der Waals surface area contributed by atoms with Gasteiger partial charge in [-0.25, -0.2) is 4.39 Å². The van der Waals surface area contributed by atoms with Crippen molar-refractivity contribution in [3.63, 3.8) is 0 Å². The maximum Gasteiger partial charge on any atom is 0.290 e. The van der Waals surface area contributed by atoms with Crippen molar-refractivity contribution in [2.24, 2.45) is 0 Å². The number of rotatable bonds is 5. The number of nitrogens with one attached hydrogen (secondary N) is 2. The second-order valence-corrected chi connectivity index (χ2v) is 9.37. The molecule has 1 aliphatic rings. The molecule has 5 aromatic rings. The van der Waals surface area contributed by atoms with Gasteiger partial charge in [-0.2, -0.15) is 0 Å². The molecule has 0 bridgehead atoms. The lowest BCUT2D eigenvalue weighted by Crippen LogP contribution is -2.52. The first-order chi connectivity index (χ1) is 18.4. The minimum atomic E-state index is -0.812. The molecule has 192 valence electrons. The van der Waals surface area contributed by atoms with E-state index in [1.54, 1.807) is 30.6 Å². The largest absolute Gasteiger partial charge is 0.459 e. The number of nitrogens with zero attached hydrogens (tertiary/aromatic N) is 4. The molecule has 0 radical (unpaired) electrons. The van der Waals surface area contributed by atoms with Gasteiger partial charge in [-0.15, -0.1) is 0 Å². The van der Waals surface area contributed by atoms with Gasteiger partial charge < -0.3 is 24.5 Å². The molecule has 3 aromatic heterocycles. The Morgan fingerprint density at radius 2 is 2.00 bits per heavy atom. The Bertz CT molecular complexity index is 1690. The molecule has 0 spiro atoms. The maximum atomic E-state index is 14.7. The fraction of sp³-hybridized carbons (Fsp3) is 0.214. The van der Waals surface area contributed by atoms with Crippen molar-refractivity contribution in [2.45, 2.75) is 25.6 Å². The molecule has 0 unspecified atom stereocenters. The third-order valence-corrected chi connectivity index (χ3v) is 7.12. The SMILES string of the molecule is CNC(=O)[C@H]1Cc2c([nH]c3cccc(F)c23)CN1C(=O)c1occc1CN(C)c1ccc2nccnc2c1.